The molecule has 1 aliphatic rings. The largest absolute Gasteiger partial charge is 0.346 e. The van der Waals surface area contributed by atoms with Gasteiger partial charge in [-0.1, -0.05) is 42.6 Å². The highest BCUT2D eigenvalue weighted by atomic mass is 35.5. The average molecular weight is 369 g/mol. The van der Waals surface area contributed by atoms with Crippen molar-refractivity contribution < 1.29 is 4.79 Å². The van der Waals surface area contributed by atoms with Gasteiger partial charge in [0.2, 0.25) is 0 Å². The first-order valence-corrected chi connectivity index (χ1v) is 9.36. The quantitative estimate of drug-likeness (QED) is 0.750. The summed E-state index contributed by atoms with van der Waals surface area (Å²) in [7, 11) is 1.98. The summed E-state index contributed by atoms with van der Waals surface area (Å²) in [5.74, 6) is 1.33. The normalized spacial score (nSPS) is 14.8. The molecule has 1 aliphatic carbocycles. The van der Waals surface area contributed by atoms with Crippen LogP contribution in [-0.2, 0) is 13.6 Å². The van der Waals surface area contributed by atoms with Crippen molar-refractivity contribution in [2.75, 3.05) is 0 Å². The number of pyridine rings is 1. The topological polar surface area (TPSA) is 59.8 Å². The second kappa shape index (κ2) is 7.08. The Morgan fingerprint density at radius 2 is 2.04 bits per heavy atom. The van der Waals surface area contributed by atoms with E-state index < -0.39 is 0 Å². The van der Waals surface area contributed by atoms with Crippen LogP contribution in [0.3, 0.4) is 0 Å². The first-order chi connectivity index (χ1) is 12.6. The van der Waals surface area contributed by atoms with Gasteiger partial charge in [0.05, 0.1) is 11.0 Å². The van der Waals surface area contributed by atoms with Crippen LogP contribution in [0.1, 0.15) is 53.5 Å². The van der Waals surface area contributed by atoms with E-state index in [1.165, 1.54) is 25.7 Å². The zero-order valence-corrected chi connectivity index (χ0v) is 15.5. The van der Waals surface area contributed by atoms with Crippen molar-refractivity contribution in [3.8, 4) is 0 Å². The first-order valence-electron chi connectivity index (χ1n) is 8.98. The van der Waals surface area contributed by atoms with Gasteiger partial charge in [0.1, 0.15) is 5.82 Å². The van der Waals surface area contributed by atoms with Crippen molar-refractivity contribution in [3.05, 3.63) is 58.6 Å². The van der Waals surface area contributed by atoms with E-state index in [1.54, 1.807) is 6.20 Å². The minimum Gasteiger partial charge on any atom is -0.346 e. The Hall–Kier alpha value is -2.40. The molecule has 2 heterocycles. The molecule has 1 N–H and O–H groups in total. The number of aryl methyl sites for hydroxylation is 1. The van der Waals surface area contributed by atoms with Crippen molar-refractivity contribution in [2.24, 2.45) is 7.05 Å². The molecule has 0 unspecified atom stereocenters. The molecule has 0 radical (unpaired) electrons. The zero-order chi connectivity index (χ0) is 18.1. The Balaban J connectivity index is 1.63. The van der Waals surface area contributed by atoms with E-state index in [9.17, 15) is 4.79 Å². The van der Waals surface area contributed by atoms with Crippen molar-refractivity contribution in [3.63, 3.8) is 0 Å². The van der Waals surface area contributed by atoms with Gasteiger partial charge < -0.3 is 9.88 Å². The molecule has 5 nitrogen and oxygen atoms in total. The standard InChI is InChI=1S/C20H21ClN4O/c1-25-18-16(24-19(25)13-6-2-3-7-13)10-11-22-17(18)20(26)23-12-14-8-4-5-9-15(14)21/h4-5,8-11,13H,2-3,6-7,12H2,1H3,(H,23,26). The lowest BCUT2D eigenvalue weighted by Gasteiger charge is -2.10. The molecule has 134 valence electrons. The Morgan fingerprint density at radius 3 is 2.81 bits per heavy atom. The van der Waals surface area contributed by atoms with Gasteiger partial charge in [0.25, 0.3) is 5.91 Å². The van der Waals surface area contributed by atoms with Crippen molar-refractivity contribution in [2.45, 2.75) is 38.1 Å². The lowest BCUT2D eigenvalue weighted by atomic mass is 10.1. The number of nitrogens with one attached hydrogen (secondary N) is 1. The van der Waals surface area contributed by atoms with Crippen molar-refractivity contribution in [1.82, 2.24) is 19.9 Å². The second-order valence-corrected chi connectivity index (χ2v) is 7.22. The highest BCUT2D eigenvalue weighted by molar-refractivity contribution is 6.31. The molecular formula is C20H21ClN4O. The summed E-state index contributed by atoms with van der Waals surface area (Å²) in [6, 6.07) is 9.37. The van der Waals surface area contributed by atoms with Gasteiger partial charge in [-0.25, -0.2) is 9.97 Å². The van der Waals surface area contributed by atoms with Gasteiger partial charge in [-0.05, 0) is 30.5 Å². The lowest BCUT2D eigenvalue weighted by molar-refractivity contribution is 0.0947. The second-order valence-electron chi connectivity index (χ2n) is 6.81. The van der Waals surface area contributed by atoms with Gasteiger partial charge in [-0.15, -0.1) is 0 Å². The molecule has 0 spiro atoms. The number of halogens is 1. The molecular weight excluding hydrogens is 348 g/mol. The summed E-state index contributed by atoms with van der Waals surface area (Å²) in [5.41, 5.74) is 2.92. The third-order valence-corrected chi connectivity index (χ3v) is 5.52. The highest BCUT2D eigenvalue weighted by Crippen LogP contribution is 2.35. The summed E-state index contributed by atoms with van der Waals surface area (Å²) in [5, 5.41) is 3.57. The predicted octanol–water partition coefficient (Wildman–Crippen LogP) is 4.21. The Labute approximate surface area is 157 Å². The van der Waals surface area contributed by atoms with Crippen LogP contribution in [0.25, 0.3) is 11.0 Å². The summed E-state index contributed by atoms with van der Waals surface area (Å²) in [6.07, 6.45) is 6.48. The number of hydrogen-bond acceptors (Lipinski definition) is 3. The fourth-order valence-electron chi connectivity index (χ4n) is 3.79. The minimum absolute atomic E-state index is 0.212. The molecule has 0 aliphatic heterocycles. The molecule has 6 heteroatoms. The summed E-state index contributed by atoms with van der Waals surface area (Å²) >= 11 is 6.17. The number of hydrogen-bond donors (Lipinski definition) is 1. The van der Waals surface area contributed by atoms with Crippen LogP contribution in [0.2, 0.25) is 5.02 Å². The van der Waals surface area contributed by atoms with E-state index in [0.29, 0.717) is 23.2 Å². The van der Waals surface area contributed by atoms with Gasteiger partial charge in [0, 0.05) is 30.7 Å². The number of amides is 1. The van der Waals surface area contributed by atoms with Crippen molar-refractivity contribution >= 4 is 28.5 Å². The molecule has 2 aromatic heterocycles. The van der Waals surface area contributed by atoms with Gasteiger partial charge >= 0.3 is 0 Å². The van der Waals surface area contributed by atoms with E-state index in [-0.39, 0.29) is 5.91 Å². The van der Waals surface area contributed by atoms with Crippen LogP contribution in [0.5, 0.6) is 0 Å². The third-order valence-electron chi connectivity index (χ3n) is 5.15. The maximum absolute atomic E-state index is 12.8. The summed E-state index contributed by atoms with van der Waals surface area (Å²) in [4.78, 5) is 21.9. The van der Waals surface area contributed by atoms with Crippen LogP contribution < -0.4 is 5.32 Å². The summed E-state index contributed by atoms with van der Waals surface area (Å²) in [6.45, 7) is 0.365. The number of carbonyl (C=O) groups is 1. The number of nitrogens with zero attached hydrogens (tertiary/aromatic N) is 3. The van der Waals surface area contributed by atoms with E-state index in [1.807, 2.05) is 41.9 Å². The fourth-order valence-corrected chi connectivity index (χ4v) is 4.00. The monoisotopic (exact) mass is 368 g/mol. The van der Waals surface area contributed by atoms with Crippen LogP contribution in [0, 0.1) is 0 Å². The Kier molecular flexibility index (Phi) is 4.64. The predicted molar refractivity (Wildman–Crippen MR) is 102 cm³/mol. The molecule has 1 amide bonds. The van der Waals surface area contributed by atoms with E-state index in [4.69, 9.17) is 16.6 Å². The van der Waals surface area contributed by atoms with Crippen molar-refractivity contribution in [1.29, 1.82) is 0 Å². The molecule has 26 heavy (non-hydrogen) atoms. The van der Waals surface area contributed by atoms with Crippen LogP contribution in [0.4, 0.5) is 0 Å². The van der Waals surface area contributed by atoms with Crippen LogP contribution in [-0.4, -0.2) is 20.4 Å². The van der Waals surface area contributed by atoms with E-state index >= 15 is 0 Å². The SMILES string of the molecule is Cn1c(C2CCCC2)nc2ccnc(C(=O)NCc3ccccc3Cl)c21. The van der Waals surface area contributed by atoms with Crippen LogP contribution in [0.15, 0.2) is 36.5 Å². The Bertz CT molecular complexity index is 960. The average Bonchev–Trinajstić information content (AvgIpc) is 3.29. The lowest BCUT2D eigenvalue weighted by Crippen LogP contribution is -2.24. The molecule has 1 aromatic carbocycles. The molecule has 0 atom stereocenters. The van der Waals surface area contributed by atoms with Gasteiger partial charge in [0.15, 0.2) is 5.69 Å². The molecule has 1 saturated carbocycles. The number of aromatic nitrogens is 3. The maximum Gasteiger partial charge on any atom is 0.272 e. The number of fused-ring (bicyclic) bond motifs is 1. The number of benzene rings is 1. The van der Waals surface area contributed by atoms with Gasteiger partial charge in [-0.3, -0.25) is 4.79 Å². The van der Waals surface area contributed by atoms with E-state index in [0.717, 1.165) is 22.4 Å². The molecule has 3 aromatic rings. The number of rotatable bonds is 4. The molecule has 1 fully saturated rings. The first kappa shape index (κ1) is 17.0. The van der Waals surface area contributed by atoms with E-state index in [2.05, 4.69) is 10.3 Å². The van der Waals surface area contributed by atoms with Gasteiger partial charge in [-0.2, -0.15) is 0 Å². The molecule has 4 rings (SSSR count). The molecule has 0 bridgehead atoms. The number of carbonyl (C=O) groups excluding carboxylic acids is 1. The third kappa shape index (κ3) is 3.07. The number of imidazole rings is 1. The summed E-state index contributed by atoms with van der Waals surface area (Å²) < 4.78 is 2.04. The minimum atomic E-state index is -0.212. The zero-order valence-electron chi connectivity index (χ0n) is 14.7. The fraction of sp³-hybridized carbons (Fsp3) is 0.350. The Morgan fingerprint density at radius 1 is 1.27 bits per heavy atom. The highest BCUT2D eigenvalue weighted by Gasteiger charge is 2.25. The van der Waals surface area contributed by atoms with Crippen LogP contribution >= 0.6 is 11.6 Å². The smallest absolute Gasteiger partial charge is 0.272 e. The maximum atomic E-state index is 12.8. The molecule has 0 saturated heterocycles.